The van der Waals surface area contributed by atoms with Gasteiger partial charge in [-0.1, -0.05) is 20.8 Å². The van der Waals surface area contributed by atoms with Gasteiger partial charge in [0.2, 0.25) is 0 Å². The Morgan fingerprint density at radius 2 is 1.78 bits per heavy atom. The molecule has 1 rings (SSSR count). The number of nitrogens with zero attached hydrogens (tertiary/aromatic N) is 1. The first-order valence-electron chi connectivity index (χ1n) is 6.44. The maximum absolute atomic E-state index is 11.5. The maximum atomic E-state index is 11.5. The Balaban J connectivity index is 2.75. The van der Waals surface area contributed by atoms with Gasteiger partial charge >= 0.3 is 0 Å². The molecule has 0 bridgehead atoms. The van der Waals surface area contributed by atoms with E-state index >= 15 is 0 Å². The molecule has 1 aliphatic heterocycles. The van der Waals surface area contributed by atoms with Crippen LogP contribution >= 0.6 is 0 Å². The standard InChI is InChI=1S/C14H25NO2Si/c1-10-11(2)13(16)8-15-12(10)9-17-18(6,7)14(3,4)5/h8-9H2,1-7H3. The highest BCUT2D eigenvalue weighted by molar-refractivity contribution is 6.74. The summed E-state index contributed by atoms with van der Waals surface area (Å²) in [5, 5.41) is 0.199. The normalized spacial score (nSPS) is 18.2. The summed E-state index contributed by atoms with van der Waals surface area (Å²) in [5.74, 6) is 0.128. The van der Waals surface area contributed by atoms with E-state index < -0.39 is 8.32 Å². The highest BCUT2D eigenvalue weighted by Gasteiger charge is 2.37. The zero-order chi connectivity index (χ0) is 14.1. The van der Waals surface area contributed by atoms with Crippen LogP contribution < -0.4 is 0 Å². The third-order valence-electron chi connectivity index (χ3n) is 4.20. The van der Waals surface area contributed by atoms with Crippen LogP contribution in [-0.4, -0.2) is 33.0 Å². The van der Waals surface area contributed by atoms with Crippen molar-refractivity contribution in [2.75, 3.05) is 13.2 Å². The number of Topliss-reactive ketones (excluding diaryl/α,β-unsaturated/α-hetero) is 1. The smallest absolute Gasteiger partial charge is 0.192 e. The van der Waals surface area contributed by atoms with Gasteiger partial charge in [0.25, 0.3) is 0 Å². The number of hydrogen-bond donors (Lipinski definition) is 0. The molecule has 4 heteroatoms. The third-order valence-corrected chi connectivity index (χ3v) is 8.68. The SMILES string of the molecule is CC1=C(C)C(CO[Si](C)(C)C(C)(C)C)=NCC1=O. The lowest BCUT2D eigenvalue weighted by Gasteiger charge is -2.36. The highest BCUT2D eigenvalue weighted by atomic mass is 28.4. The van der Waals surface area contributed by atoms with Crippen molar-refractivity contribution in [1.29, 1.82) is 0 Å². The molecule has 102 valence electrons. The first kappa shape index (κ1) is 15.3. The van der Waals surface area contributed by atoms with E-state index in [0.29, 0.717) is 6.61 Å². The number of carbonyl (C=O) groups excluding carboxylic acids is 1. The van der Waals surface area contributed by atoms with Crippen LogP contribution in [0.2, 0.25) is 18.1 Å². The van der Waals surface area contributed by atoms with E-state index in [0.717, 1.165) is 16.9 Å². The second kappa shape index (κ2) is 5.09. The van der Waals surface area contributed by atoms with Gasteiger partial charge in [-0.25, -0.2) is 0 Å². The van der Waals surface area contributed by atoms with Crippen LogP contribution in [0.1, 0.15) is 34.6 Å². The molecule has 0 aromatic carbocycles. The predicted molar refractivity (Wildman–Crippen MR) is 78.8 cm³/mol. The minimum absolute atomic E-state index is 0.128. The second-order valence-electron chi connectivity index (χ2n) is 6.49. The van der Waals surface area contributed by atoms with Crippen LogP contribution in [-0.2, 0) is 9.22 Å². The predicted octanol–water partition coefficient (Wildman–Crippen LogP) is 3.37. The number of dihydropyridines is 1. The molecule has 0 saturated carbocycles. The van der Waals surface area contributed by atoms with Gasteiger partial charge in [-0.3, -0.25) is 9.79 Å². The molecule has 0 aliphatic carbocycles. The van der Waals surface area contributed by atoms with Crippen LogP contribution in [0.4, 0.5) is 0 Å². The Labute approximate surface area is 111 Å². The van der Waals surface area contributed by atoms with E-state index in [1.54, 1.807) is 0 Å². The topological polar surface area (TPSA) is 38.7 Å². The van der Waals surface area contributed by atoms with Crippen molar-refractivity contribution in [3.63, 3.8) is 0 Å². The quantitative estimate of drug-likeness (QED) is 0.735. The Kier molecular flexibility index (Phi) is 4.33. The van der Waals surface area contributed by atoms with E-state index in [1.165, 1.54) is 0 Å². The lowest BCUT2D eigenvalue weighted by atomic mass is 10.0. The fourth-order valence-corrected chi connectivity index (χ4v) is 2.38. The molecule has 0 aromatic heterocycles. The van der Waals surface area contributed by atoms with Crippen molar-refractivity contribution in [2.45, 2.75) is 52.8 Å². The zero-order valence-electron chi connectivity index (χ0n) is 12.7. The van der Waals surface area contributed by atoms with Crippen LogP contribution in [0.5, 0.6) is 0 Å². The molecule has 3 nitrogen and oxygen atoms in total. The molecular formula is C14H25NO2Si. The average molecular weight is 267 g/mol. The number of ketones is 1. The van der Waals surface area contributed by atoms with Gasteiger partial charge in [-0.2, -0.15) is 0 Å². The van der Waals surface area contributed by atoms with Crippen molar-refractivity contribution < 1.29 is 9.22 Å². The summed E-state index contributed by atoms with van der Waals surface area (Å²) in [7, 11) is -1.75. The first-order valence-corrected chi connectivity index (χ1v) is 9.35. The average Bonchev–Trinajstić information content (AvgIpc) is 2.23. The summed E-state index contributed by atoms with van der Waals surface area (Å²) in [4.78, 5) is 15.8. The van der Waals surface area contributed by atoms with Gasteiger partial charge in [0.15, 0.2) is 14.1 Å². The minimum Gasteiger partial charge on any atom is -0.411 e. The van der Waals surface area contributed by atoms with Crippen LogP contribution in [0.3, 0.4) is 0 Å². The Hall–Kier alpha value is -0.743. The van der Waals surface area contributed by atoms with Gasteiger partial charge in [0, 0.05) is 0 Å². The lowest BCUT2D eigenvalue weighted by molar-refractivity contribution is -0.114. The Morgan fingerprint density at radius 3 is 2.28 bits per heavy atom. The van der Waals surface area contributed by atoms with E-state index in [-0.39, 0.29) is 17.4 Å². The number of hydrogen-bond acceptors (Lipinski definition) is 3. The van der Waals surface area contributed by atoms with E-state index in [1.807, 2.05) is 13.8 Å². The molecule has 18 heavy (non-hydrogen) atoms. The van der Waals surface area contributed by atoms with Crippen molar-refractivity contribution in [2.24, 2.45) is 4.99 Å². The summed E-state index contributed by atoms with van der Waals surface area (Å²) < 4.78 is 6.15. The Morgan fingerprint density at radius 1 is 1.22 bits per heavy atom. The molecule has 0 saturated heterocycles. The van der Waals surface area contributed by atoms with E-state index in [9.17, 15) is 4.79 Å². The molecule has 0 N–H and O–H groups in total. The number of rotatable bonds is 3. The van der Waals surface area contributed by atoms with Crippen molar-refractivity contribution in [3.05, 3.63) is 11.1 Å². The van der Waals surface area contributed by atoms with Crippen molar-refractivity contribution in [3.8, 4) is 0 Å². The van der Waals surface area contributed by atoms with Crippen LogP contribution in [0, 0.1) is 0 Å². The molecule has 1 heterocycles. The summed E-state index contributed by atoms with van der Waals surface area (Å²) in [6.45, 7) is 15.8. The summed E-state index contributed by atoms with van der Waals surface area (Å²) >= 11 is 0. The van der Waals surface area contributed by atoms with Crippen molar-refractivity contribution in [1.82, 2.24) is 0 Å². The van der Waals surface area contributed by atoms with Crippen LogP contribution in [0.25, 0.3) is 0 Å². The number of aliphatic imine (C=N–C) groups is 1. The largest absolute Gasteiger partial charge is 0.411 e. The van der Waals surface area contributed by atoms with E-state index in [2.05, 4.69) is 38.9 Å². The summed E-state index contributed by atoms with van der Waals surface area (Å²) in [5.41, 5.74) is 2.76. The van der Waals surface area contributed by atoms with E-state index in [4.69, 9.17) is 4.43 Å². The van der Waals surface area contributed by atoms with Crippen LogP contribution in [0.15, 0.2) is 16.1 Å². The third kappa shape index (κ3) is 3.17. The maximum Gasteiger partial charge on any atom is 0.192 e. The molecule has 0 fully saturated rings. The van der Waals surface area contributed by atoms with Gasteiger partial charge in [0.05, 0.1) is 12.3 Å². The second-order valence-corrected chi connectivity index (χ2v) is 11.3. The molecule has 1 aliphatic rings. The fourth-order valence-electron chi connectivity index (χ4n) is 1.45. The molecule has 0 atom stereocenters. The van der Waals surface area contributed by atoms with Gasteiger partial charge in [-0.15, -0.1) is 0 Å². The highest BCUT2D eigenvalue weighted by Crippen LogP contribution is 2.36. The molecule has 0 spiro atoms. The molecule has 0 aromatic rings. The zero-order valence-corrected chi connectivity index (χ0v) is 13.7. The fraction of sp³-hybridized carbons (Fsp3) is 0.714. The molecule has 0 radical (unpaired) electrons. The molecule has 0 amide bonds. The van der Waals surface area contributed by atoms with Crippen molar-refractivity contribution >= 4 is 19.8 Å². The van der Waals surface area contributed by atoms with Gasteiger partial charge < -0.3 is 4.43 Å². The molecule has 0 unspecified atom stereocenters. The minimum atomic E-state index is -1.75. The number of carbonyl (C=O) groups is 1. The van der Waals surface area contributed by atoms with Gasteiger partial charge in [-0.05, 0) is 43.1 Å². The summed E-state index contributed by atoms with van der Waals surface area (Å²) in [6, 6.07) is 0. The molecular weight excluding hydrogens is 242 g/mol. The first-order chi connectivity index (χ1) is 8.06. The lowest BCUT2D eigenvalue weighted by Crippen LogP contribution is -2.42. The summed E-state index contributed by atoms with van der Waals surface area (Å²) in [6.07, 6.45) is 0. The Bertz CT molecular complexity index is 414. The van der Waals surface area contributed by atoms with Gasteiger partial charge in [0.1, 0.15) is 6.54 Å². The monoisotopic (exact) mass is 267 g/mol.